The summed E-state index contributed by atoms with van der Waals surface area (Å²) >= 11 is 0. The summed E-state index contributed by atoms with van der Waals surface area (Å²) in [6.07, 6.45) is 1.15. The summed E-state index contributed by atoms with van der Waals surface area (Å²) in [6.45, 7) is 9.03. The van der Waals surface area contributed by atoms with Crippen LogP contribution in [0.25, 0.3) is 0 Å². The SMILES string of the molecule is CCNB(CC)NCC. The molecule has 0 rings (SSSR count). The molecular formula is C6H17BN2. The Labute approximate surface area is 58.5 Å². The van der Waals surface area contributed by atoms with E-state index in [-0.39, 0.29) is 0 Å². The van der Waals surface area contributed by atoms with Gasteiger partial charge in [-0.15, -0.1) is 0 Å². The molecule has 0 aromatic heterocycles. The minimum atomic E-state index is 0.514. The monoisotopic (exact) mass is 128 g/mol. The molecule has 0 bridgehead atoms. The van der Waals surface area contributed by atoms with Gasteiger partial charge in [0.15, 0.2) is 0 Å². The highest BCUT2D eigenvalue weighted by Crippen LogP contribution is 1.79. The standard InChI is InChI=1S/C6H17BN2/c1-4-7(8-5-2)9-6-3/h8-9H,4-6H2,1-3H3. The van der Waals surface area contributed by atoms with Crippen LogP contribution < -0.4 is 10.5 Å². The van der Waals surface area contributed by atoms with Crippen molar-refractivity contribution < 1.29 is 0 Å². The second-order valence-electron chi connectivity index (χ2n) is 2.08. The Balaban J connectivity index is 3.18. The van der Waals surface area contributed by atoms with Gasteiger partial charge in [-0.2, -0.15) is 0 Å². The molecule has 0 aliphatic heterocycles. The van der Waals surface area contributed by atoms with E-state index in [9.17, 15) is 0 Å². The van der Waals surface area contributed by atoms with Crippen LogP contribution in [0.15, 0.2) is 0 Å². The highest BCUT2D eigenvalue weighted by atomic mass is 14.9. The van der Waals surface area contributed by atoms with Gasteiger partial charge in [-0.25, -0.2) is 0 Å². The molecule has 0 radical (unpaired) electrons. The van der Waals surface area contributed by atoms with Crippen LogP contribution in [0.2, 0.25) is 6.32 Å². The van der Waals surface area contributed by atoms with Gasteiger partial charge in [0, 0.05) is 0 Å². The average Bonchev–Trinajstić information content (AvgIpc) is 1.88. The first-order chi connectivity index (χ1) is 4.35. The fourth-order valence-electron chi connectivity index (χ4n) is 0.854. The molecule has 0 heterocycles. The second kappa shape index (κ2) is 6.11. The Morgan fingerprint density at radius 1 is 1.00 bits per heavy atom. The lowest BCUT2D eigenvalue weighted by atomic mass is 9.73. The van der Waals surface area contributed by atoms with E-state index in [1.807, 2.05) is 0 Å². The summed E-state index contributed by atoms with van der Waals surface area (Å²) in [5.41, 5.74) is 0. The molecule has 0 saturated heterocycles. The zero-order valence-corrected chi connectivity index (χ0v) is 6.70. The Bertz CT molecular complexity index is 53.0. The van der Waals surface area contributed by atoms with E-state index in [0.717, 1.165) is 19.4 Å². The van der Waals surface area contributed by atoms with Gasteiger partial charge in [0.1, 0.15) is 0 Å². The Morgan fingerprint density at radius 2 is 1.44 bits per heavy atom. The smallest absolute Gasteiger partial charge is 0.304 e. The fourth-order valence-corrected chi connectivity index (χ4v) is 0.854. The van der Waals surface area contributed by atoms with Crippen molar-refractivity contribution in [3.8, 4) is 0 Å². The zero-order chi connectivity index (χ0) is 7.11. The Morgan fingerprint density at radius 3 is 1.67 bits per heavy atom. The van der Waals surface area contributed by atoms with Crippen molar-refractivity contribution in [1.29, 1.82) is 0 Å². The van der Waals surface area contributed by atoms with Crippen molar-refractivity contribution in [3.05, 3.63) is 0 Å². The quantitative estimate of drug-likeness (QED) is 0.533. The third kappa shape index (κ3) is 4.49. The molecule has 3 heteroatoms. The summed E-state index contributed by atoms with van der Waals surface area (Å²) in [4.78, 5) is 0. The van der Waals surface area contributed by atoms with Crippen molar-refractivity contribution >= 4 is 6.98 Å². The van der Waals surface area contributed by atoms with E-state index in [4.69, 9.17) is 0 Å². The second-order valence-corrected chi connectivity index (χ2v) is 2.08. The van der Waals surface area contributed by atoms with E-state index >= 15 is 0 Å². The summed E-state index contributed by atoms with van der Waals surface area (Å²) < 4.78 is 0. The molecule has 0 atom stereocenters. The number of hydrogen-bond acceptors (Lipinski definition) is 2. The van der Waals surface area contributed by atoms with E-state index in [1.54, 1.807) is 0 Å². The van der Waals surface area contributed by atoms with E-state index in [1.165, 1.54) is 0 Å². The third-order valence-corrected chi connectivity index (χ3v) is 1.31. The van der Waals surface area contributed by atoms with Crippen LogP contribution >= 0.6 is 0 Å². The lowest BCUT2D eigenvalue weighted by molar-refractivity contribution is 0.882. The first-order valence-electron chi connectivity index (χ1n) is 3.81. The van der Waals surface area contributed by atoms with Gasteiger partial charge in [-0.05, 0) is 19.4 Å². The first-order valence-corrected chi connectivity index (χ1v) is 3.81. The van der Waals surface area contributed by atoms with Crippen molar-refractivity contribution in [1.82, 2.24) is 10.5 Å². The van der Waals surface area contributed by atoms with Crippen molar-refractivity contribution in [2.45, 2.75) is 27.1 Å². The van der Waals surface area contributed by atoms with Gasteiger partial charge < -0.3 is 10.5 Å². The maximum atomic E-state index is 3.32. The van der Waals surface area contributed by atoms with Crippen LogP contribution in [-0.2, 0) is 0 Å². The number of rotatable bonds is 5. The molecule has 0 aromatic carbocycles. The number of nitrogens with one attached hydrogen (secondary N) is 2. The Hall–Kier alpha value is -0.0151. The van der Waals surface area contributed by atoms with Gasteiger partial charge in [0.05, 0.1) is 0 Å². The van der Waals surface area contributed by atoms with Crippen LogP contribution in [0.1, 0.15) is 20.8 Å². The normalized spacial score (nSPS) is 9.67. The molecule has 2 nitrogen and oxygen atoms in total. The lowest BCUT2D eigenvalue weighted by Gasteiger charge is -2.10. The molecule has 0 unspecified atom stereocenters. The van der Waals surface area contributed by atoms with Crippen LogP contribution in [0.4, 0.5) is 0 Å². The number of hydrogen-bond donors (Lipinski definition) is 2. The van der Waals surface area contributed by atoms with Crippen molar-refractivity contribution in [3.63, 3.8) is 0 Å². The topological polar surface area (TPSA) is 24.1 Å². The van der Waals surface area contributed by atoms with Crippen LogP contribution in [0.5, 0.6) is 0 Å². The molecule has 54 valence electrons. The molecular weight excluding hydrogens is 111 g/mol. The molecule has 2 N–H and O–H groups in total. The molecule has 0 aliphatic carbocycles. The predicted molar refractivity (Wildman–Crippen MR) is 43.6 cm³/mol. The van der Waals surface area contributed by atoms with Gasteiger partial charge >= 0.3 is 6.98 Å². The molecule has 0 aliphatic rings. The molecule has 0 aromatic rings. The largest absolute Gasteiger partial charge is 0.342 e. The summed E-state index contributed by atoms with van der Waals surface area (Å²) in [7, 11) is 0. The van der Waals surface area contributed by atoms with Crippen LogP contribution in [0, 0.1) is 0 Å². The molecule has 0 amide bonds. The molecule has 9 heavy (non-hydrogen) atoms. The van der Waals surface area contributed by atoms with Gasteiger partial charge in [0.2, 0.25) is 0 Å². The predicted octanol–water partition coefficient (Wildman–Crippen LogP) is 0.714. The lowest BCUT2D eigenvalue weighted by Crippen LogP contribution is -2.46. The van der Waals surface area contributed by atoms with E-state index in [0.29, 0.717) is 6.98 Å². The first kappa shape index (κ1) is 8.98. The average molecular weight is 128 g/mol. The maximum Gasteiger partial charge on any atom is 0.304 e. The summed E-state index contributed by atoms with van der Waals surface area (Å²) in [5.74, 6) is 0. The van der Waals surface area contributed by atoms with Crippen molar-refractivity contribution in [2.75, 3.05) is 13.1 Å². The minimum Gasteiger partial charge on any atom is -0.342 e. The summed E-state index contributed by atoms with van der Waals surface area (Å²) in [5, 5.41) is 6.64. The van der Waals surface area contributed by atoms with Gasteiger partial charge in [0.25, 0.3) is 0 Å². The highest BCUT2D eigenvalue weighted by molar-refractivity contribution is 6.53. The highest BCUT2D eigenvalue weighted by Gasteiger charge is 2.06. The van der Waals surface area contributed by atoms with Crippen LogP contribution in [-0.4, -0.2) is 20.1 Å². The van der Waals surface area contributed by atoms with Crippen LogP contribution in [0.3, 0.4) is 0 Å². The van der Waals surface area contributed by atoms with E-state index < -0.39 is 0 Å². The zero-order valence-electron chi connectivity index (χ0n) is 6.70. The van der Waals surface area contributed by atoms with Gasteiger partial charge in [-0.3, -0.25) is 0 Å². The molecule has 0 spiro atoms. The fraction of sp³-hybridized carbons (Fsp3) is 1.00. The maximum absolute atomic E-state index is 3.32. The van der Waals surface area contributed by atoms with Crippen molar-refractivity contribution in [2.24, 2.45) is 0 Å². The summed E-state index contributed by atoms with van der Waals surface area (Å²) in [6, 6.07) is 0. The minimum absolute atomic E-state index is 0.514. The van der Waals surface area contributed by atoms with E-state index in [2.05, 4.69) is 31.2 Å². The molecule has 0 saturated carbocycles. The molecule has 0 fully saturated rings. The third-order valence-electron chi connectivity index (χ3n) is 1.31. The van der Waals surface area contributed by atoms with Gasteiger partial charge in [-0.1, -0.05) is 20.8 Å². The Kier molecular flexibility index (Phi) is 6.10.